The molecule has 220 valence electrons. The van der Waals surface area contributed by atoms with Crippen molar-refractivity contribution < 1.29 is 36.5 Å². The second-order valence-corrected chi connectivity index (χ2v) is 11.1. The maximum Gasteiger partial charge on any atom is 0.354 e. The Morgan fingerprint density at radius 3 is 2.02 bits per heavy atom. The van der Waals surface area contributed by atoms with Crippen LogP contribution in [-0.2, 0) is 23.8 Å². The van der Waals surface area contributed by atoms with Crippen molar-refractivity contribution in [3.63, 3.8) is 0 Å². The van der Waals surface area contributed by atoms with E-state index in [-0.39, 0.29) is 39.6 Å². The van der Waals surface area contributed by atoms with Gasteiger partial charge in [0.2, 0.25) is 0 Å². The standard InChI is InChI=1S/C29H30N4O8S/c1-16(2)24(29(37)40-3)33-26(34)18-11-14-21(23(15-18)28(36)41-42(4,38)39)20-7-5-6-8-22(20)27(35)32-19-12-9-17(10-13-19)25(30)31/h5-16,24H,1-4H3,(H3,30,31)(H,32,35)(H,33,34)/t24-/m0/s1. The molecule has 2 amide bonds. The molecule has 3 aromatic rings. The van der Waals surface area contributed by atoms with Crippen LogP contribution in [0.1, 0.15) is 50.5 Å². The third-order valence-corrected chi connectivity index (χ3v) is 6.51. The molecule has 0 unspecified atom stereocenters. The monoisotopic (exact) mass is 594 g/mol. The minimum absolute atomic E-state index is 0.0683. The zero-order valence-electron chi connectivity index (χ0n) is 23.3. The minimum atomic E-state index is -4.24. The summed E-state index contributed by atoms with van der Waals surface area (Å²) in [7, 11) is -3.05. The highest BCUT2D eigenvalue weighted by molar-refractivity contribution is 7.86. The summed E-state index contributed by atoms with van der Waals surface area (Å²) in [6, 6.07) is 15.4. The Morgan fingerprint density at radius 2 is 1.45 bits per heavy atom. The summed E-state index contributed by atoms with van der Waals surface area (Å²) in [5, 5.41) is 12.8. The molecule has 0 bridgehead atoms. The summed E-state index contributed by atoms with van der Waals surface area (Å²) < 4.78 is 33.0. The fraction of sp³-hybridized carbons (Fsp3) is 0.207. The van der Waals surface area contributed by atoms with Crippen molar-refractivity contribution in [2.45, 2.75) is 19.9 Å². The molecule has 0 heterocycles. The van der Waals surface area contributed by atoms with Gasteiger partial charge in [-0.15, -0.1) is 0 Å². The third kappa shape index (κ3) is 7.79. The number of ether oxygens (including phenoxy) is 1. The van der Waals surface area contributed by atoms with E-state index >= 15 is 0 Å². The molecule has 0 radical (unpaired) electrons. The number of amides is 2. The summed E-state index contributed by atoms with van der Waals surface area (Å²) in [6.07, 6.45) is 0.698. The number of anilines is 1. The average molecular weight is 595 g/mol. The number of hydrogen-bond acceptors (Lipinski definition) is 9. The van der Waals surface area contributed by atoms with E-state index in [1.165, 1.54) is 25.3 Å². The number of esters is 1. The first kappa shape index (κ1) is 31.5. The van der Waals surface area contributed by atoms with E-state index in [0.29, 0.717) is 17.5 Å². The van der Waals surface area contributed by atoms with Crippen molar-refractivity contribution in [1.29, 1.82) is 5.41 Å². The number of nitrogens with one attached hydrogen (secondary N) is 3. The van der Waals surface area contributed by atoms with Crippen LogP contribution >= 0.6 is 0 Å². The molecular formula is C29H30N4O8S. The predicted molar refractivity (Wildman–Crippen MR) is 156 cm³/mol. The molecule has 3 aromatic carbocycles. The molecule has 3 rings (SSSR count). The van der Waals surface area contributed by atoms with Gasteiger partial charge >= 0.3 is 22.1 Å². The second-order valence-electron chi connectivity index (χ2n) is 9.54. The van der Waals surface area contributed by atoms with Gasteiger partial charge in [-0.1, -0.05) is 38.1 Å². The Hall–Kier alpha value is -5.04. The van der Waals surface area contributed by atoms with Crippen LogP contribution < -0.4 is 16.4 Å². The summed E-state index contributed by atoms with van der Waals surface area (Å²) in [5.74, 6) is -3.66. The van der Waals surface area contributed by atoms with Crippen molar-refractivity contribution >= 4 is 45.4 Å². The molecule has 0 saturated carbocycles. The number of nitrogen functional groups attached to an aromatic ring is 1. The highest BCUT2D eigenvalue weighted by Crippen LogP contribution is 2.30. The van der Waals surface area contributed by atoms with E-state index in [0.717, 1.165) is 6.07 Å². The van der Waals surface area contributed by atoms with Gasteiger partial charge in [-0.05, 0) is 59.5 Å². The van der Waals surface area contributed by atoms with E-state index in [4.69, 9.17) is 15.9 Å². The smallest absolute Gasteiger partial charge is 0.354 e. The van der Waals surface area contributed by atoms with Gasteiger partial charge < -0.3 is 25.3 Å². The van der Waals surface area contributed by atoms with Gasteiger partial charge in [-0.2, -0.15) is 8.42 Å². The number of hydrogen-bond donors (Lipinski definition) is 4. The zero-order chi connectivity index (χ0) is 31.2. The summed E-state index contributed by atoms with van der Waals surface area (Å²) in [6.45, 7) is 3.42. The molecule has 13 heteroatoms. The SMILES string of the molecule is COC(=O)[C@@H](NC(=O)c1ccc(-c2ccccc2C(=O)Nc2ccc(C(=N)N)cc2)c(C(=O)OS(C)(=O)=O)c1)C(C)C. The number of benzene rings is 3. The third-order valence-electron chi connectivity index (χ3n) is 6.05. The van der Waals surface area contributed by atoms with Gasteiger partial charge in [0.15, 0.2) is 0 Å². The maximum absolute atomic E-state index is 13.3. The van der Waals surface area contributed by atoms with Crippen LogP contribution in [0.4, 0.5) is 5.69 Å². The van der Waals surface area contributed by atoms with E-state index in [1.807, 2.05) is 0 Å². The number of methoxy groups -OCH3 is 1. The first-order valence-electron chi connectivity index (χ1n) is 12.5. The van der Waals surface area contributed by atoms with Gasteiger partial charge in [0.25, 0.3) is 11.8 Å². The van der Waals surface area contributed by atoms with Crippen molar-refractivity contribution in [3.8, 4) is 11.1 Å². The van der Waals surface area contributed by atoms with E-state index in [2.05, 4.69) is 14.8 Å². The van der Waals surface area contributed by atoms with Crippen LogP contribution in [-0.4, -0.2) is 57.4 Å². The van der Waals surface area contributed by atoms with Gasteiger partial charge in [-0.25, -0.2) is 9.59 Å². The molecule has 1 atom stereocenters. The van der Waals surface area contributed by atoms with Crippen LogP contribution in [0.3, 0.4) is 0 Å². The zero-order valence-corrected chi connectivity index (χ0v) is 24.1. The summed E-state index contributed by atoms with van der Waals surface area (Å²) in [4.78, 5) is 51.5. The topological polar surface area (TPSA) is 195 Å². The minimum Gasteiger partial charge on any atom is -0.467 e. The lowest BCUT2D eigenvalue weighted by Crippen LogP contribution is -2.45. The molecule has 0 aliphatic carbocycles. The lowest BCUT2D eigenvalue weighted by atomic mass is 9.93. The number of nitrogens with two attached hydrogens (primary N) is 1. The van der Waals surface area contributed by atoms with E-state index in [1.54, 1.807) is 56.3 Å². The summed E-state index contributed by atoms with van der Waals surface area (Å²) in [5.41, 5.74) is 6.48. The predicted octanol–water partition coefficient (Wildman–Crippen LogP) is 2.93. The maximum atomic E-state index is 13.3. The number of carbonyl (C=O) groups is 4. The lowest BCUT2D eigenvalue weighted by Gasteiger charge is -2.20. The highest BCUT2D eigenvalue weighted by atomic mass is 32.2. The van der Waals surface area contributed by atoms with Crippen LogP contribution in [0, 0.1) is 11.3 Å². The Morgan fingerprint density at radius 1 is 0.857 bits per heavy atom. The molecule has 12 nitrogen and oxygen atoms in total. The fourth-order valence-corrected chi connectivity index (χ4v) is 4.33. The van der Waals surface area contributed by atoms with Crippen molar-refractivity contribution in [3.05, 3.63) is 89.0 Å². The van der Waals surface area contributed by atoms with Crippen LogP contribution in [0.25, 0.3) is 11.1 Å². The first-order chi connectivity index (χ1) is 19.7. The van der Waals surface area contributed by atoms with Gasteiger partial charge in [0, 0.05) is 22.4 Å². The number of carbonyl (C=O) groups excluding carboxylic acids is 4. The lowest BCUT2D eigenvalue weighted by molar-refractivity contribution is -0.144. The number of rotatable bonds is 10. The van der Waals surface area contributed by atoms with Gasteiger partial charge in [0.05, 0.1) is 18.9 Å². The molecule has 5 N–H and O–H groups in total. The van der Waals surface area contributed by atoms with Crippen molar-refractivity contribution in [2.75, 3.05) is 18.7 Å². The molecule has 0 fully saturated rings. The van der Waals surface area contributed by atoms with Crippen LogP contribution in [0.15, 0.2) is 66.7 Å². The van der Waals surface area contributed by atoms with E-state index in [9.17, 15) is 27.6 Å². The largest absolute Gasteiger partial charge is 0.467 e. The molecule has 0 aliphatic heterocycles. The Kier molecular flexibility index (Phi) is 9.81. The van der Waals surface area contributed by atoms with Gasteiger partial charge in [-0.3, -0.25) is 15.0 Å². The number of amidine groups is 1. The molecule has 0 aliphatic rings. The van der Waals surface area contributed by atoms with E-state index < -0.39 is 39.9 Å². The Balaban J connectivity index is 2.06. The summed E-state index contributed by atoms with van der Waals surface area (Å²) >= 11 is 0. The highest BCUT2D eigenvalue weighted by Gasteiger charge is 2.27. The van der Waals surface area contributed by atoms with Crippen LogP contribution in [0.5, 0.6) is 0 Å². The Bertz CT molecular complexity index is 1650. The van der Waals surface area contributed by atoms with Gasteiger partial charge in [0.1, 0.15) is 11.9 Å². The molecule has 42 heavy (non-hydrogen) atoms. The molecule has 0 spiro atoms. The quantitative estimate of drug-likeness (QED) is 0.118. The van der Waals surface area contributed by atoms with Crippen molar-refractivity contribution in [1.82, 2.24) is 5.32 Å². The van der Waals surface area contributed by atoms with Crippen molar-refractivity contribution in [2.24, 2.45) is 11.7 Å². The first-order valence-corrected chi connectivity index (χ1v) is 14.3. The molecule has 0 saturated heterocycles. The fourth-order valence-electron chi connectivity index (χ4n) is 3.97. The average Bonchev–Trinajstić information content (AvgIpc) is 2.94. The Labute approximate surface area is 242 Å². The molecule has 0 aromatic heterocycles. The molecular weight excluding hydrogens is 564 g/mol. The van der Waals surface area contributed by atoms with Crippen LogP contribution in [0.2, 0.25) is 0 Å². The normalized spacial score (nSPS) is 11.7. The second kappa shape index (κ2) is 13.1.